The predicted octanol–water partition coefficient (Wildman–Crippen LogP) is 3.65. The molecule has 3 rings (SSSR count). The van der Waals surface area contributed by atoms with Gasteiger partial charge in [-0.1, -0.05) is 32.1 Å². The van der Waals surface area contributed by atoms with Crippen molar-refractivity contribution in [1.82, 2.24) is 19.7 Å². The number of aromatic nitrogens is 4. The minimum Gasteiger partial charge on any atom is -0.478 e. The summed E-state index contributed by atoms with van der Waals surface area (Å²) in [4.78, 5) is 19.7. The molecule has 1 N–H and O–H groups in total. The van der Waals surface area contributed by atoms with Gasteiger partial charge in [-0.25, -0.2) is 19.4 Å². The SMILES string of the molecule is CC(C)c1nc(/C=C/c2ccc(-n3cccn3)cc2)ncc1C(=O)O. The summed E-state index contributed by atoms with van der Waals surface area (Å²) < 4.78 is 1.79. The predicted molar refractivity (Wildman–Crippen MR) is 95.6 cm³/mol. The monoisotopic (exact) mass is 334 g/mol. The second-order valence-electron chi connectivity index (χ2n) is 5.86. The third-order valence-corrected chi connectivity index (χ3v) is 3.70. The second-order valence-corrected chi connectivity index (χ2v) is 5.86. The fourth-order valence-electron chi connectivity index (χ4n) is 2.42. The summed E-state index contributed by atoms with van der Waals surface area (Å²) in [6, 6.07) is 9.77. The summed E-state index contributed by atoms with van der Waals surface area (Å²) in [5.74, 6) is -0.507. The van der Waals surface area contributed by atoms with Gasteiger partial charge in [-0.2, -0.15) is 5.10 Å². The Morgan fingerprint density at radius 3 is 2.56 bits per heavy atom. The number of carboxylic acid groups (broad SMARTS) is 1. The van der Waals surface area contributed by atoms with Gasteiger partial charge in [-0.05, 0) is 35.8 Å². The van der Waals surface area contributed by atoms with Gasteiger partial charge >= 0.3 is 5.97 Å². The maximum absolute atomic E-state index is 11.2. The van der Waals surface area contributed by atoms with Crippen LogP contribution in [0.25, 0.3) is 17.8 Å². The van der Waals surface area contributed by atoms with Crippen molar-refractivity contribution in [3.63, 3.8) is 0 Å². The van der Waals surface area contributed by atoms with E-state index in [1.807, 2.05) is 56.5 Å². The lowest BCUT2D eigenvalue weighted by atomic mass is 10.1. The van der Waals surface area contributed by atoms with Crippen molar-refractivity contribution in [1.29, 1.82) is 0 Å². The number of carbonyl (C=O) groups is 1. The molecule has 0 saturated heterocycles. The average Bonchev–Trinajstić information content (AvgIpc) is 3.14. The molecule has 0 radical (unpaired) electrons. The summed E-state index contributed by atoms with van der Waals surface area (Å²) in [7, 11) is 0. The van der Waals surface area contributed by atoms with Crippen molar-refractivity contribution in [3.8, 4) is 5.69 Å². The average molecular weight is 334 g/mol. The molecule has 126 valence electrons. The van der Waals surface area contributed by atoms with Crippen LogP contribution in [0.4, 0.5) is 0 Å². The molecule has 6 nitrogen and oxygen atoms in total. The Bertz CT molecular complexity index is 898. The zero-order chi connectivity index (χ0) is 17.8. The van der Waals surface area contributed by atoms with E-state index in [-0.39, 0.29) is 11.5 Å². The van der Waals surface area contributed by atoms with Crippen LogP contribution < -0.4 is 0 Å². The molecule has 0 aliphatic heterocycles. The number of rotatable bonds is 5. The van der Waals surface area contributed by atoms with Gasteiger partial charge in [0.25, 0.3) is 0 Å². The van der Waals surface area contributed by atoms with Gasteiger partial charge in [0.1, 0.15) is 0 Å². The molecule has 2 heterocycles. The summed E-state index contributed by atoms with van der Waals surface area (Å²) in [6.45, 7) is 3.83. The smallest absolute Gasteiger partial charge is 0.339 e. The molecule has 0 bridgehead atoms. The normalized spacial score (nSPS) is 11.3. The van der Waals surface area contributed by atoms with Crippen LogP contribution >= 0.6 is 0 Å². The van der Waals surface area contributed by atoms with E-state index < -0.39 is 5.97 Å². The van der Waals surface area contributed by atoms with Crippen LogP contribution in [-0.4, -0.2) is 30.8 Å². The molecule has 0 atom stereocenters. The molecule has 0 aliphatic rings. The first kappa shape index (κ1) is 16.6. The molecular weight excluding hydrogens is 316 g/mol. The molecule has 0 fully saturated rings. The van der Waals surface area contributed by atoms with E-state index in [9.17, 15) is 9.90 Å². The standard InChI is InChI=1S/C19H18N4O2/c1-13(2)18-16(19(24)25)12-20-17(22-18)9-6-14-4-7-15(8-5-14)23-11-3-10-21-23/h3-13H,1-2H3,(H,24,25)/b9-6+. The molecule has 0 saturated carbocycles. The summed E-state index contributed by atoms with van der Waals surface area (Å²) in [5, 5.41) is 13.4. The Morgan fingerprint density at radius 2 is 1.96 bits per heavy atom. The lowest BCUT2D eigenvalue weighted by Gasteiger charge is -2.08. The van der Waals surface area contributed by atoms with E-state index in [0.29, 0.717) is 11.5 Å². The summed E-state index contributed by atoms with van der Waals surface area (Å²) >= 11 is 0. The summed E-state index contributed by atoms with van der Waals surface area (Å²) in [6.07, 6.45) is 8.66. The molecular formula is C19H18N4O2. The minimum absolute atomic E-state index is 0.00889. The number of hydrogen-bond acceptors (Lipinski definition) is 4. The highest BCUT2D eigenvalue weighted by molar-refractivity contribution is 5.88. The number of hydrogen-bond donors (Lipinski definition) is 1. The molecule has 0 amide bonds. The first-order valence-corrected chi connectivity index (χ1v) is 7.93. The van der Waals surface area contributed by atoms with Crippen molar-refractivity contribution in [3.05, 3.63) is 71.6 Å². The maximum Gasteiger partial charge on any atom is 0.339 e. The lowest BCUT2D eigenvalue weighted by molar-refractivity contribution is 0.0694. The fourth-order valence-corrected chi connectivity index (χ4v) is 2.42. The summed E-state index contributed by atoms with van der Waals surface area (Å²) in [5.41, 5.74) is 2.66. The molecule has 25 heavy (non-hydrogen) atoms. The van der Waals surface area contributed by atoms with Gasteiger partial charge < -0.3 is 5.11 Å². The van der Waals surface area contributed by atoms with Gasteiger partial charge in [-0.15, -0.1) is 0 Å². The van der Waals surface area contributed by atoms with Crippen molar-refractivity contribution < 1.29 is 9.90 Å². The Labute approximate surface area is 145 Å². The number of nitrogens with zero attached hydrogens (tertiary/aromatic N) is 4. The highest BCUT2D eigenvalue weighted by Crippen LogP contribution is 2.18. The Morgan fingerprint density at radius 1 is 1.20 bits per heavy atom. The van der Waals surface area contributed by atoms with Crippen LogP contribution in [0.15, 0.2) is 48.9 Å². The lowest BCUT2D eigenvalue weighted by Crippen LogP contribution is -2.08. The van der Waals surface area contributed by atoms with Crippen molar-refractivity contribution >= 4 is 18.1 Å². The molecule has 1 aromatic carbocycles. The zero-order valence-corrected chi connectivity index (χ0v) is 14.0. The van der Waals surface area contributed by atoms with E-state index >= 15 is 0 Å². The van der Waals surface area contributed by atoms with Crippen LogP contribution in [-0.2, 0) is 0 Å². The fraction of sp³-hybridized carbons (Fsp3) is 0.158. The molecule has 0 aliphatic carbocycles. The van der Waals surface area contributed by atoms with E-state index in [1.54, 1.807) is 17.0 Å². The van der Waals surface area contributed by atoms with Crippen LogP contribution in [0.1, 0.15) is 47.2 Å². The van der Waals surface area contributed by atoms with Crippen molar-refractivity contribution in [2.45, 2.75) is 19.8 Å². The number of aromatic carboxylic acids is 1. The van der Waals surface area contributed by atoms with E-state index in [0.717, 1.165) is 11.3 Å². The van der Waals surface area contributed by atoms with Crippen LogP contribution in [0, 0.1) is 0 Å². The second kappa shape index (κ2) is 7.09. The highest BCUT2D eigenvalue weighted by Gasteiger charge is 2.15. The maximum atomic E-state index is 11.2. The van der Waals surface area contributed by atoms with E-state index in [2.05, 4.69) is 15.1 Å². The zero-order valence-electron chi connectivity index (χ0n) is 14.0. The largest absolute Gasteiger partial charge is 0.478 e. The van der Waals surface area contributed by atoms with Gasteiger partial charge in [0.2, 0.25) is 0 Å². The minimum atomic E-state index is -1.01. The topological polar surface area (TPSA) is 80.9 Å². The Hall–Kier alpha value is -3.28. The number of benzene rings is 1. The van der Waals surface area contributed by atoms with Crippen molar-refractivity contribution in [2.75, 3.05) is 0 Å². The van der Waals surface area contributed by atoms with Gasteiger partial charge in [-0.3, -0.25) is 0 Å². The number of carboxylic acids is 1. The molecule has 0 spiro atoms. The quantitative estimate of drug-likeness (QED) is 0.770. The highest BCUT2D eigenvalue weighted by atomic mass is 16.4. The van der Waals surface area contributed by atoms with Gasteiger partial charge in [0.05, 0.1) is 16.9 Å². The van der Waals surface area contributed by atoms with E-state index in [4.69, 9.17) is 0 Å². The third-order valence-electron chi connectivity index (χ3n) is 3.70. The van der Waals surface area contributed by atoms with Gasteiger partial charge in [0.15, 0.2) is 5.82 Å². The van der Waals surface area contributed by atoms with Crippen LogP contribution in [0.2, 0.25) is 0 Å². The van der Waals surface area contributed by atoms with Crippen LogP contribution in [0.5, 0.6) is 0 Å². The molecule has 6 heteroatoms. The van der Waals surface area contributed by atoms with E-state index in [1.165, 1.54) is 6.20 Å². The van der Waals surface area contributed by atoms with Crippen LogP contribution in [0.3, 0.4) is 0 Å². The first-order chi connectivity index (χ1) is 12.0. The van der Waals surface area contributed by atoms with Crippen molar-refractivity contribution in [2.24, 2.45) is 0 Å². The van der Waals surface area contributed by atoms with Gasteiger partial charge in [0, 0.05) is 18.6 Å². The Kier molecular flexibility index (Phi) is 4.70. The Balaban J connectivity index is 1.82. The molecule has 2 aromatic heterocycles. The molecule has 0 unspecified atom stereocenters. The third kappa shape index (κ3) is 3.80. The first-order valence-electron chi connectivity index (χ1n) is 7.93. The molecule has 3 aromatic rings.